The Kier molecular flexibility index (Phi) is 5.77. The number of ether oxygens (including phenoxy) is 1. The number of hydrogen-bond acceptors (Lipinski definition) is 3. The summed E-state index contributed by atoms with van der Waals surface area (Å²) in [6, 6.07) is 22.8. The second-order valence-electron chi connectivity index (χ2n) is 6.52. The molecular formula is C23H23NO3. The Morgan fingerprint density at radius 1 is 0.926 bits per heavy atom. The number of phenols is 1. The molecule has 0 aromatic heterocycles. The van der Waals surface area contributed by atoms with Crippen molar-refractivity contribution >= 4 is 5.91 Å². The van der Waals surface area contributed by atoms with Gasteiger partial charge in [-0.05, 0) is 47.4 Å². The summed E-state index contributed by atoms with van der Waals surface area (Å²) in [5.41, 5.74) is 3.46. The lowest BCUT2D eigenvalue weighted by atomic mass is 10.0. The lowest BCUT2D eigenvalue weighted by Gasteiger charge is -2.19. The lowest BCUT2D eigenvalue weighted by Crippen LogP contribution is -2.26. The van der Waals surface area contributed by atoms with Crippen LogP contribution in [0.15, 0.2) is 72.8 Å². The van der Waals surface area contributed by atoms with Crippen LogP contribution >= 0.6 is 0 Å². The molecule has 0 spiro atoms. The van der Waals surface area contributed by atoms with Gasteiger partial charge < -0.3 is 14.7 Å². The van der Waals surface area contributed by atoms with Gasteiger partial charge >= 0.3 is 0 Å². The van der Waals surface area contributed by atoms with Crippen molar-refractivity contribution in [2.24, 2.45) is 0 Å². The fourth-order valence-electron chi connectivity index (χ4n) is 2.98. The molecule has 3 rings (SSSR count). The maximum Gasteiger partial charge on any atom is 0.257 e. The quantitative estimate of drug-likeness (QED) is 0.713. The first kappa shape index (κ1) is 18.5. The Hall–Kier alpha value is -3.27. The summed E-state index contributed by atoms with van der Waals surface area (Å²) in [7, 11) is 3.35. The van der Waals surface area contributed by atoms with Crippen LogP contribution in [0.25, 0.3) is 0 Å². The third-order valence-electron chi connectivity index (χ3n) is 4.47. The van der Waals surface area contributed by atoms with Gasteiger partial charge in [-0.1, -0.05) is 48.5 Å². The molecular weight excluding hydrogens is 338 g/mol. The third-order valence-corrected chi connectivity index (χ3v) is 4.47. The van der Waals surface area contributed by atoms with Crippen LogP contribution in [-0.2, 0) is 13.0 Å². The van der Waals surface area contributed by atoms with Crippen molar-refractivity contribution in [3.05, 3.63) is 95.1 Å². The largest absolute Gasteiger partial charge is 0.507 e. The van der Waals surface area contributed by atoms with Gasteiger partial charge in [0.15, 0.2) is 0 Å². The zero-order valence-electron chi connectivity index (χ0n) is 15.6. The Balaban J connectivity index is 1.75. The molecule has 0 heterocycles. The maximum absolute atomic E-state index is 12.8. The van der Waals surface area contributed by atoms with Crippen molar-refractivity contribution in [1.29, 1.82) is 0 Å². The van der Waals surface area contributed by atoms with E-state index in [2.05, 4.69) is 0 Å². The molecule has 0 aliphatic heterocycles. The van der Waals surface area contributed by atoms with Crippen molar-refractivity contribution in [2.45, 2.75) is 13.0 Å². The second kappa shape index (κ2) is 8.41. The number of benzene rings is 3. The van der Waals surface area contributed by atoms with Crippen LogP contribution in [0.4, 0.5) is 0 Å². The predicted molar refractivity (Wildman–Crippen MR) is 106 cm³/mol. The first-order valence-electron chi connectivity index (χ1n) is 8.81. The molecule has 0 saturated carbocycles. The van der Waals surface area contributed by atoms with Crippen LogP contribution < -0.4 is 4.74 Å². The topological polar surface area (TPSA) is 49.8 Å². The van der Waals surface area contributed by atoms with Crippen LogP contribution in [0, 0.1) is 0 Å². The van der Waals surface area contributed by atoms with Crippen LogP contribution in [0.5, 0.6) is 11.5 Å². The molecule has 0 bridgehead atoms. The van der Waals surface area contributed by atoms with Gasteiger partial charge in [-0.25, -0.2) is 0 Å². The van der Waals surface area contributed by atoms with Gasteiger partial charge in [0.25, 0.3) is 5.91 Å². The number of aromatic hydroxyl groups is 1. The molecule has 1 N–H and O–H groups in total. The van der Waals surface area contributed by atoms with E-state index in [0.717, 1.165) is 22.4 Å². The third kappa shape index (κ3) is 4.67. The highest BCUT2D eigenvalue weighted by atomic mass is 16.5. The van der Waals surface area contributed by atoms with Crippen LogP contribution in [0.1, 0.15) is 27.0 Å². The van der Waals surface area contributed by atoms with Gasteiger partial charge in [0.1, 0.15) is 11.5 Å². The monoisotopic (exact) mass is 361 g/mol. The van der Waals surface area contributed by atoms with Crippen molar-refractivity contribution in [3.63, 3.8) is 0 Å². The van der Waals surface area contributed by atoms with E-state index in [0.29, 0.717) is 18.5 Å². The molecule has 3 aromatic carbocycles. The number of methoxy groups -OCH3 is 1. The minimum absolute atomic E-state index is 0.00149. The van der Waals surface area contributed by atoms with E-state index < -0.39 is 0 Å². The first-order valence-corrected chi connectivity index (χ1v) is 8.81. The van der Waals surface area contributed by atoms with E-state index in [1.165, 1.54) is 0 Å². The Morgan fingerprint density at radius 3 is 2.26 bits per heavy atom. The molecule has 0 unspecified atom stereocenters. The van der Waals surface area contributed by atoms with Gasteiger partial charge in [-0.3, -0.25) is 4.79 Å². The summed E-state index contributed by atoms with van der Waals surface area (Å²) < 4.78 is 5.16. The van der Waals surface area contributed by atoms with Crippen molar-refractivity contribution in [3.8, 4) is 11.5 Å². The number of phenolic OH excluding ortho intramolecular Hbond substituents is 1. The summed E-state index contributed by atoms with van der Waals surface area (Å²) in [6.45, 7) is 0.450. The molecule has 1 amide bonds. The molecule has 0 radical (unpaired) electrons. The molecule has 0 aliphatic rings. The minimum Gasteiger partial charge on any atom is -0.507 e. The van der Waals surface area contributed by atoms with Gasteiger partial charge in [0.05, 0.1) is 12.7 Å². The van der Waals surface area contributed by atoms with E-state index in [1.807, 2.05) is 60.7 Å². The van der Waals surface area contributed by atoms with Crippen LogP contribution in [-0.4, -0.2) is 30.1 Å². The highest BCUT2D eigenvalue weighted by Crippen LogP contribution is 2.23. The maximum atomic E-state index is 12.8. The zero-order valence-corrected chi connectivity index (χ0v) is 15.6. The molecule has 0 fully saturated rings. The second-order valence-corrected chi connectivity index (χ2v) is 6.52. The summed E-state index contributed by atoms with van der Waals surface area (Å²) >= 11 is 0. The van der Waals surface area contributed by atoms with E-state index in [9.17, 15) is 9.90 Å². The molecule has 27 heavy (non-hydrogen) atoms. The SMILES string of the molecule is COc1ccc(CN(C)C(=O)c2cc(Cc3ccccc3)ccc2O)cc1. The van der Waals surface area contributed by atoms with Gasteiger partial charge in [-0.15, -0.1) is 0 Å². The Morgan fingerprint density at radius 2 is 1.59 bits per heavy atom. The molecule has 0 saturated heterocycles. The smallest absolute Gasteiger partial charge is 0.257 e. The first-order chi connectivity index (χ1) is 13.1. The lowest BCUT2D eigenvalue weighted by molar-refractivity contribution is 0.0782. The molecule has 3 aromatic rings. The molecule has 0 aliphatic carbocycles. The number of hydrogen-bond donors (Lipinski definition) is 1. The number of rotatable bonds is 6. The zero-order chi connectivity index (χ0) is 19.2. The predicted octanol–water partition coefficient (Wildman–Crippen LogP) is 4.26. The van der Waals surface area contributed by atoms with E-state index in [-0.39, 0.29) is 11.7 Å². The minimum atomic E-state index is -0.210. The highest BCUT2D eigenvalue weighted by molar-refractivity contribution is 5.96. The average Bonchev–Trinajstić information content (AvgIpc) is 2.70. The number of carbonyl (C=O) groups is 1. The van der Waals surface area contributed by atoms with E-state index in [1.54, 1.807) is 31.2 Å². The van der Waals surface area contributed by atoms with Crippen molar-refractivity contribution < 1.29 is 14.6 Å². The average molecular weight is 361 g/mol. The summed E-state index contributed by atoms with van der Waals surface area (Å²) in [5, 5.41) is 10.2. The van der Waals surface area contributed by atoms with E-state index in [4.69, 9.17) is 4.74 Å². The molecule has 138 valence electrons. The van der Waals surface area contributed by atoms with Crippen molar-refractivity contribution in [2.75, 3.05) is 14.2 Å². The van der Waals surface area contributed by atoms with Gasteiger partial charge in [0.2, 0.25) is 0 Å². The highest BCUT2D eigenvalue weighted by Gasteiger charge is 2.17. The number of carbonyl (C=O) groups excluding carboxylic acids is 1. The number of amides is 1. The van der Waals surface area contributed by atoms with Crippen LogP contribution in [0.2, 0.25) is 0 Å². The Bertz CT molecular complexity index is 905. The standard InChI is InChI=1S/C23H23NO3/c1-24(16-18-8-11-20(27-2)12-9-18)23(26)21-15-19(10-13-22(21)25)14-17-6-4-3-5-7-17/h3-13,15,25H,14,16H2,1-2H3. The van der Waals surface area contributed by atoms with E-state index >= 15 is 0 Å². The normalized spacial score (nSPS) is 10.4. The number of nitrogens with zero attached hydrogens (tertiary/aromatic N) is 1. The molecule has 0 atom stereocenters. The molecule has 4 heteroatoms. The van der Waals surface area contributed by atoms with Gasteiger partial charge in [0, 0.05) is 13.6 Å². The fraction of sp³-hybridized carbons (Fsp3) is 0.174. The summed E-state index contributed by atoms with van der Waals surface area (Å²) in [4.78, 5) is 14.4. The summed E-state index contributed by atoms with van der Waals surface area (Å²) in [5.74, 6) is 0.565. The van der Waals surface area contributed by atoms with Crippen molar-refractivity contribution in [1.82, 2.24) is 4.90 Å². The molecule has 4 nitrogen and oxygen atoms in total. The fourth-order valence-corrected chi connectivity index (χ4v) is 2.98. The van der Waals surface area contributed by atoms with Crippen LogP contribution in [0.3, 0.4) is 0 Å². The summed E-state index contributed by atoms with van der Waals surface area (Å²) in [6.07, 6.45) is 0.712. The Labute approximate surface area is 159 Å². The van der Waals surface area contributed by atoms with Gasteiger partial charge in [-0.2, -0.15) is 0 Å².